The lowest BCUT2D eigenvalue weighted by Gasteiger charge is -2.11. The van der Waals surface area contributed by atoms with Gasteiger partial charge in [-0.3, -0.25) is 14.9 Å². The van der Waals surface area contributed by atoms with E-state index < -0.39 is 10.8 Å². The van der Waals surface area contributed by atoms with Gasteiger partial charge in [0.25, 0.3) is 11.6 Å². The average molecular weight is 330 g/mol. The van der Waals surface area contributed by atoms with Crippen LogP contribution in [0.5, 0.6) is 11.5 Å². The van der Waals surface area contributed by atoms with Gasteiger partial charge in [0.05, 0.1) is 24.7 Å². The Balaban J connectivity index is 2.33. The second-order valence-electron chi connectivity index (χ2n) is 4.97. The Morgan fingerprint density at radius 2 is 1.92 bits per heavy atom. The first-order valence-electron chi connectivity index (χ1n) is 7.30. The topological polar surface area (TPSA) is 90.7 Å². The van der Waals surface area contributed by atoms with Crippen molar-refractivity contribution in [2.24, 2.45) is 0 Å². The van der Waals surface area contributed by atoms with E-state index >= 15 is 0 Å². The van der Waals surface area contributed by atoms with Crippen LogP contribution in [0, 0.1) is 10.1 Å². The third-order valence-electron chi connectivity index (χ3n) is 3.57. The molecule has 0 heterocycles. The lowest BCUT2D eigenvalue weighted by molar-refractivity contribution is -0.385. The van der Waals surface area contributed by atoms with Crippen molar-refractivity contribution in [3.63, 3.8) is 0 Å². The number of rotatable bonds is 6. The number of hydrogen-bond donors (Lipinski definition) is 1. The van der Waals surface area contributed by atoms with Crippen LogP contribution in [0.15, 0.2) is 36.4 Å². The Labute approximate surface area is 139 Å². The molecule has 0 fully saturated rings. The molecule has 0 aromatic heterocycles. The molecule has 1 amide bonds. The van der Waals surface area contributed by atoms with Crippen LogP contribution in [0.1, 0.15) is 22.8 Å². The molecular formula is C17H18N2O5. The van der Waals surface area contributed by atoms with Crippen molar-refractivity contribution in [2.75, 3.05) is 19.5 Å². The number of nitro benzene ring substituents is 1. The fourth-order valence-corrected chi connectivity index (χ4v) is 2.30. The molecule has 126 valence electrons. The molecule has 0 aliphatic rings. The highest BCUT2D eigenvalue weighted by atomic mass is 16.6. The van der Waals surface area contributed by atoms with E-state index in [0.29, 0.717) is 29.2 Å². The minimum atomic E-state index is -0.458. The summed E-state index contributed by atoms with van der Waals surface area (Å²) in [6.07, 6.45) is 0.536. The minimum Gasteiger partial charge on any atom is -0.497 e. The molecule has 0 radical (unpaired) electrons. The zero-order valence-corrected chi connectivity index (χ0v) is 13.7. The zero-order chi connectivity index (χ0) is 17.7. The van der Waals surface area contributed by atoms with Crippen LogP contribution in [0.3, 0.4) is 0 Å². The molecule has 0 aliphatic carbocycles. The van der Waals surface area contributed by atoms with Gasteiger partial charge in [0.15, 0.2) is 0 Å². The van der Waals surface area contributed by atoms with Gasteiger partial charge in [-0.25, -0.2) is 0 Å². The third-order valence-corrected chi connectivity index (χ3v) is 3.57. The number of hydrogen-bond acceptors (Lipinski definition) is 5. The summed E-state index contributed by atoms with van der Waals surface area (Å²) in [4.78, 5) is 23.2. The number of ether oxygens (including phenoxy) is 2. The number of amides is 1. The van der Waals surface area contributed by atoms with E-state index in [2.05, 4.69) is 5.32 Å². The first kappa shape index (κ1) is 17.3. The van der Waals surface area contributed by atoms with E-state index in [-0.39, 0.29) is 11.3 Å². The predicted molar refractivity (Wildman–Crippen MR) is 90.0 cm³/mol. The molecule has 2 aromatic carbocycles. The smallest absolute Gasteiger partial charge is 0.274 e. The largest absolute Gasteiger partial charge is 0.497 e. The maximum absolute atomic E-state index is 12.5. The highest BCUT2D eigenvalue weighted by molar-refractivity contribution is 6.06. The number of nitro groups is 1. The highest BCUT2D eigenvalue weighted by Gasteiger charge is 2.17. The SMILES string of the molecule is CCc1ccc(NC(=O)c2cc(OC)ccc2OC)cc1[N+](=O)[O-]. The van der Waals surface area contributed by atoms with Gasteiger partial charge in [-0.15, -0.1) is 0 Å². The predicted octanol–water partition coefficient (Wildman–Crippen LogP) is 3.43. The summed E-state index contributed by atoms with van der Waals surface area (Å²) in [5.41, 5.74) is 1.21. The molecule has 2 rings (SSSR count). The third kappa shape index (κ3) is 3.62. The maximum atomic E-state index is 12.5. The van der Waals surface area contributed by atoms with Crippen molar-refractivity contribution in [1.29, 1.82) is 0 Å². The van der Waals surface area contributed by atoms with Crippen LogP contribution in [-0.4, -0.2) is 25.1 Å². The van der Waals surface area contributed by atoms with Gasteiger partial charge in [-0.05, 0) is 30.7 Å². The van der Waals surface area contributed by atoms with Crippen molar-refractivity contribution in [2.45, 2.75) is 13.3 Å². The van der Waals surface area contributed by atoms with E-state index in [1.165, 1.54) is 20.3 Å². The molecule has 2 aromatic rings. The Morgan fingerprint density at radius 3 is 2.50 bits per heavy atom. The quantitative estimate of drug-likeness (QED) is 0.647. The summed E-state index contributed by atoms with van der Waals surface area (Å²) in [5.74, 6) is 0.450. The fourth-order valence-electron chi connectivity index (χ4n) is 2.30. The summed E-state index contributed by atoms with van der Waals surface area (Å²) in [7, 11) is 2.95. The number of carbonyl (C=O) groups excluding carboxylic acids is 1. The Bertz CT molecular complexity index is 774. The van der Waals surface area contributed by atoms with Gasteiger partial charge in [0.1, 0.15) is 11.5 Å². The van der Waals surface area contributed by atoms with Crippen molar-refractivity contribution in [3.8, 4) is 11.5 Å². The first-order chi connectivity index (χ1) is 11.5. The number of carbonyl (C=O) groups is 1. The van der Waals surface area contributed by atoms with Gasteiger partial charge in [-0.2, -0.15) is 0 Å². The van der Waals surface area contributed by atoms with Gasteiger partial charge < -0.3 is 14.8 Å². The second-order valence-corrected chi connectivity index (χ2v) is 4.97. The number of nitrogens with one attached hydrogen (secondary N) is 1. The highest BCUT2D eigenvalue weighted by Crippen LogP contribution is 2.27. The molecule has 0 spiro atoms. The van der Waals surface area contributed by atoms with Crippen LogP contribution >= 0.6 is 0 Å². The molecule has 0 bridgehead atoms. The van der Waals surface area contributed by atoms with E-state index in [1.807, 2.05) is 6.92 Å². The van der Waals surface area contributed by atoms with Crippen molar-refractivity contribution >= 4 is 17.3 Å². The normalized spacial score (nSPS) is 10.1. The monoisotopic (exact) mass is 330 g/mol. The molecule has 0 unspecified atom stereocenters. The van der Waals surface area contributed by atoms with Crippen molar-refractivity contribution in [1.82, 2.24) is 0 Å². The lowest BCUT2D eigenvalue weighted by Crippen LogP contribution is -2.13. The van der Waals surface area contributed by atoms with Gasteiger partial charge >= 0.3 is 0 Å². The maximum Gasteiger partial charge on any atom is 0.274 e. The Hall–Kier alpha value is -3.09. The van der Waals surface area contributed by atoms with Gasteiger partial charge in [0.2, 0.25) is 0 Å². The van der Waals surface area contributed by atoms with Crippen LogP contribution in [0.2, 0.25) is 0 Å². The first-order valence-corrected chi connectivity index (χ1v) is 7.30. The molecule has 0 saturated heterocycles. The number of anilines is 1. The molecule has 24 heavy (non-hydrogen) atoms. The Morgan fingerprint density at radius 1 is 1.17 bits per heavy atom. The molecule has 7 nitrogen and oxygen atoms in total. The minimum absolute atomic E-state index is 0.0205. The van der Waals surface area contributed by atoms with Crippen molar-refractivity contribution < 1.29 is 19.2 Å². The van der Waals surface area contributed by atoms with Crippen LogP contribution < -0.4 is 14.8 Å². The number of nitrogens with zero attached hydrogens (tertiary/aromatic N) is 1. The molecule has 0 aliphatic heterocycles. The summed E-state index contributed by atoms with van der Waals surface area (Å²) in [5, 5.41) is 13.8. The summed E-state index contributed by atoms with van der Waals surface area (Å²) in [6.45, 7) is 1.84. The number of methoxy groups -OCH3 is 2. The number of benzene rings is 2. The van der Waals surface area contributed by atoms with E-state index in [1.54, 1.807) is 30.3 Å². The van der Waals surface area contributed by atoms with E-state index in [0.717, 1.165) is 0 Å². The zero-order valence-electron chi connectivity index (χ0n) is 13.7. The summed E-state index contributed by atoms with van der Waals surface area (Å²) >= 11 is 0. The van der Waals surface area contributed by atoms with Crippen LogP contribution in [0.4, 0.5) is 11.4 Å². The summed E-state index contributed by atoms with van der Waals surface area (Å²) < 4.78 is 10.3. The molecule has 0 saturated carbocycles. The fraction of sp³-hybridized carbons (Fsp3) is 0.235. The lowest BCUT2D eigenvalue weighted by atomic mass is 10.1. The molecule has 7 heteroatoms. The number of aryl methyl sites for hydroxylation is 1. The van der Waals surface area contributed by atoms with Gasteiger partial charge in [0, 0.05) is 17.3 Å². The molecule has 0 atom stereocenters. The van der Waals surface area contributed by atoms with Gasteiger partial charge in [-0.1, -0.05) is 13.0 Å². The van der Waals surface area contributed by atoms with E-state index in [4.69, 9.17) is 9.47 Å². The molecular weight excluding hydrogens is 312 g/mol. The Kier molecular flexibility index (Phi) is 5.36. The van der Waals surface area contributed by atoms with Crippen LogP contribution in [-0.2, 0) is 6.42 Å². The second kappa shape index (κ2) is 7.45. The standard InChI is InChI=1S/C17H18N2O5/c1-4-11-5-6-12(9-15(11)19(21)22)18-17(20)14-10-13(23-2)7-8-16(14)24-3/h5-10H,4H2,1-3H3,(H,18,20). The average Bonchev–Trinajstić information content (AvgIpc) is 2.60. The molecule has 1 N–H and O–H groups in total. The van der Waals surface area contributed by atoms with Crippen LogP contribution in [0.25, 0.3) is 0 Å². The van der Waals surface area contributed by atoms with Crippen molar-refractivity contribution in [3.05, 3.63) is 57.6 Å². The van der Waals surface area contributed by atoms with E-state index in [9.17, 15) is 14.9 Å². The summed E-state index contributed by atoms with van der Waals surface area (Å²) in [6, 6.07) is 9.46.